The van der Waals surface area contributed by atoms with Crippen LogP contribution >= 0.6 is 11.3 Å². The first kappa shape index (κ1) is 24.4. The summed E-state index contributed by atoms with van der Waals surface area (Å²) in [6.07, 6.45) is 0. The highest BCUT2D eigenvalue weighted by atomic mass is 32.1. The summed E-state index contributed by atoms with van der Waals surface area (Å²) in [5.74, 6) is 0.533. The van der Waals surface area contributed by atoms with Crippen molar-refractivity contribution in [3.05, 3.63) is 47.5 Å². The topological polar surface area (TPSA) is 76.2 Å². The van der Waals surface area contributed by atoms with Crippen molar-refractivity contribution in [3.8, 4) is 5.75 Å². The number of ether oxygens (including phenoxy) is 3. The molecule has 9 heteroatoms. The monoisotopic (exact) mass is 484 g/mol. The number of methoxy groups -OCH3 is 2. The van der Waals surface area contributed by atoms with Gasteiger partial charge in [0.2, 0.25) is 0 Å². The smallest absolute Gasteiger partial charge is 0.257 e. The van der Waals surface area contributed by atoms with Crippen LogP contribution in [-0.2, 0) is 16.0 Å². The molecule has 2 heterocycles. The molecule has 0 saturated carbocycles. The number of rotatable bonds is 10. The van der Waals surface area contributed by atoms with E-state index in [1.165, 1.54) is 11.3 Å². The zero-order chi connectivity index (χ0) is 23.9. The highest BCUT2D eigenvalue weighted by Gasteiger charge is 2.21. The van der Waals surface area contributed by atoms with Gasteiger partial charge in [0.1, 0.15) is 11.3 Å². The molecular weight excluding hydrogens is 452 g/mol. The van der Waals surface area contributed by atoms with Crippen LogP contribution in [0.25, 0.3) is 10.2 Å². The zero-order valence-corrected chi connectivity index (χ0v) is 20.8. The first-order valence-electron chi connectivity index (χ1n) is 11.5. The summed E-state index contributed by atoms with van der Waals surface area (Å²) in [5.41, 5.74) is 3.48. The Hall–Kier alpha value is -2.72. The maximum Gasteiger partial charge on any atom is 0.257 e. The molecule has 1 fully saturated rings. The minimum atomic E-state index is -0.163. The van der Waals surface area contributed by atoms with Gasteiger partial charge in [0.15, 0.2) is 5.13 Å². The lowest BCUT2D eigenvalue weighted by atomic mass is 10.1. The molecule has 0 bridgehead atoms. The number of anilines is 2. The van der Waals surface area contributed by atoms with Crippen LogP contribution < -0.4 is 15.0 Å². The summed E-state index contributed by atoms with van der Waals surface area (Å²) in [4.78, 5) is 22.6. The largest absolute Gasteiger partial charge is 0.494 e. The Morgan fingerprint density at radius 1 is 1.21 bits per heavy atom. The van der Waals surface area contributed by atoms with Gasteiger partial charge in [0, 0.05) is 38.9 Å². The van der Waals surface area contributed by atoms with Gasteiger partial charge in [0.05, 0.1) is 37.3 Å². The predicted molar refractivity (Wildman–Crippen MR) is 136 cm³/mol. The molecule has 182 valence electrons. The van der Waals surface area contributed by atoms with Crippen LogP contribution in [0.15, 0.2) is 36.4 Å². The Morgan fingerprint density at radius 2 is 2.00 bits per heavy atom. The SMILES string of the molecule is CCN(CCOC)Cc1ccccc1C(=O)Nc1nc2c(OC)ccc(N3CCOCC3)c2s1. The second-order valence-corrected chi connectivity index (χ2v) is 9.06. The summed E-state index contributed by atoms with van der Waals surface area (Å²) in [5, 5.41) is 3.59. The molecule has 1 aliphatic rings. The lowest BCUT2D eigenvalue weighted by molar-refractivity contribution is 0.102. The number of benzene rings is 2. The minimum Gasteiger partial charge on any atom is -0.494 e. The fraction of sp³-hybridized carbons (Fsp3) is 0.440. The molecule has 1 saturated heterocycles. The molecule has 3 aromatic rings. The number of nitrogens with one attached hydrogen (secondary N) is 1. The third kappa shape index (κ3) is 5.50. The second kappa shape index (κ2) is 11.6. The average molecular weight is 485 g/mol. The third-order valence-electron chi connectivity index (χ3n) is 5.99. The number of carbonyl (C=O) groups is 1. The van der Waals surface area contributed by atoms with Crippen LogP contribution in [0.4, 0.5) is 10.8 Å². The van der Waals surface area contributed by atoms with E-state index in [1.54, 1.807) is 14.2 Å². The van der Waals surface area contributed by atoms with Crippen molar-refractivity contribution in [1.82, 2.24) is 9.88 Å². The van der Waals surface area contributed by atoms with Crippen molar-refractivity contribution in [1.29, 1.82) is 0 Å². The Kier molecular flexibility index (Phi) is 8.34. The van der Waals surface area contributed by atoms with E-state index < -0.39 is 0 Å². The Morgan fingerprint density at radius 3 is 2.74 bits per heavy atom. The number of nitrogens with zero attached hydrogens (tertiary/aromatic N) is 3. The summed E-state index contributed by atoms with van der Waals surface area (Å²) in [6, 6.07) is 11.7. The fourth-order valence-corrected chi connectivity index (χ4v) is 5.11. The summed E-state index contributed by atoms with van der Waals surface area (Å²) >= 11 is 1.47. The number of fused-ring (bicyclic) bond motifs is 1. The minimum absolute atomic E-state index is 0.163. The molecule has 0 radical (unpaired) electrons. The van der Waals surface area contributed by atoms with E-state index in [0.29, 0.717) is 42.8 Å². The van der Waals surface area contributed by atoms with Gasteiger partial charge in [-0.1, -0.05) is 36.5 Å². The number of carbonyl (C=O) groups excluding carboxylic acids is 1. The van der Waals surface area contributed by atoms with Crippen LogP contribution in [0.1, 0.15) is 22.8 Å². The molecular formula is C25H32N4O4S. The van der Waals surface area contributed by atoms with Crippen molar-refractivity contribution in [2.75, 3.05) is 70.4 Å². The van der Waals surface area contributed by atoms with Crippen molar-refractivity contribution in [2.24, 2.45) is 0 Å². The molecule has 0 atom stereocenters. The summed E-state index contributed by atoms with van der Waals surface area (Å²) in [6.45, 7) is 8.18. The molecule has 1 N–H and O–H groups in total. The van der Waals surface area contributed by atoms with E-state index in [2.05, 4.69) is 28.1 Å². The molecule has 2 aromatic carbocycles. The van der Waals surface area contributed by atoms with Gasteiger partial charge in [0.25, 0.3) is 5.91 Å². The Bertz CT molecular complexity index is 1110. The number of hydrogen-bond donors (Lipinski definition) is 1. The van der Waals surface area contributed by atoms with Crippen LogP contribution in [0, 0.1) is 0 Å². The molecule has 0 unspecified atom stereocenters. The third-order valence-corrected chi connectivity index (χ3v) is 6.99. The second-order valence-electron chi connectivity index (χ2n) is 8.06. The number of morpholine rings is 1. The number of likely N-dealkylation sites (N-methyl/N-ethyl adjacent to an activating group) is 1. The predicted octanol–water partition coefficient (Wildman–Crippen LogP) is 3.86. The van der Waals surface area contributed by atoms with Crippen molar-refractivity contribution in [3.63, 3.8) is 0 Å². The normalized spacial score (nSPS) is 14.1. The van der Waals surface area contributed by atoms with Gasteiger partial charge in [-0.05, 0) is 30.3 Å². The molecule has 1 aliphatic heterocycles. The molecule has 1 aromatic heterocycles. The van der Waals surface area contributed by atoms with Crippen LogP contribution in [0.5, 0.6) is 5.75 Å². The quantitative estimate of drug-likeness (QED) is 0.468. The molecule has 1 amide bonds. The number of amides is 1. The molecule has 4 rings (SSSR count). The van der Waals surface area contributed by atoms with E-state index in [4.69, 9.17) is 19.2 Å². The standard InChI is InChI=1S/C25H32N4O4S/c1-4-28(11-14-31-2)17-18-7-5-6-8-19(18)24(30)27-25-26-22-21(32-3)10-9-20(23(22)34-25)29-12-15-33-16-13-29/h5-10H,4,11-17H2,1-3H3,(H,26,27,30). The maximum absolute atomic E-state index is 13.3. The lowest BCUT2D eigenvalue weighted by Gasteiger charge is -2.29. The van der Waals surface area contributed by atoms with Gasteiger partial charge in [-0.25, -0.2) is 4.98 Å². The molecule has 0 spiro atoms. The lowest BCUT2D eigenvalue weighted by Crippen LogP contribution is -2.36. The summed E-state index contributed by atoms with van der Waals surface area (Å²) in [7, 11) is 3.34. The molecule has 8 nitrogen and oxygen atoms in total. The highest BCUT2D eigenvalue weighted by molar-refractivity contribution is 7.23. The Labute approximate surface area is 204 Å². The maximum atomic E-state index is 13.3. The van der Waals surface area contributed by atoms with Gasteiger partial charge >= 0.3 is 0 Å². The Balaban J connectivity index is 1.59. The van der Waals surface area contributed by atoms with E-state index >= 15 is 0 Å². The molecule has 34 heavy (non-hydrogen) atoms. The van der Waals surface area contributed by atoms with E-state index in [0.717, 1.165) is 47.6 Å². The van der Waals surface area contributed by atoms with Crippen LogP contribution in [0.3, 0.4) is 0 Å². The number of thiazole rings is 1. The van der Waals surface area contributed by atoms with Gasteiger partial charge in [-0.15, -0.1) is 0 Å². The average Bonchev–Trinajstić information content (AvgIpc) is 3.30. The fourth-order valence-electron chi connectivity index (χ4n) is 4.10. The van der Waals surface area contributed by atoms with E-state index in [-0.39, 0.29) is 5.91 Å². The number of hydrogen-bond acceptors (Lipinski definition) is 8. The van der Waals surface area contributed by atoms with Gasteiger partial charge in [-0.2, -0.15) is 0 Å². The van der Waals surface area contributed by atoms with E-state index in [1.807, 2.05) is 30.3 Å². The summed E-state index contributed by atoms with van der Waals surface area (Å²) < 4.78 is 17.3. The van der Waals surface area contributed by atoms with Gasteiger partial charge in [-0.3, -0.25) is 15.0 Å². The zero-order valence-electron chi connectivity index (χ0n) is 20.0. The van der Waals surface area contributed by atoms with Crippen LogP contribution in [0.2, 0.25) is 0 Å². The molecule has 0 aliphatic carbocycles. The van der Waals surface area contributed by atoms with E-state index in [9.17, 15) is 4.79 Å². The van der Waals surface area contributed by atoms with Crippen molar-refractivity contribution < 1.29 is 19.0 Å². The van der Waals surface area contributed by atoms with Gasteiger partial charge < -0.3 is 19.1 Å². The first-order chi connectivity index (χ1) is 16.6. The number of aromatic nitrogens is 1. The first-order valence-corrected chi connectivity index (χ1v) is 12.4. The van der Waals surface area contributed by atoms with Crippen molar-refractivity contribution >= 4 is 38.3 Å². The highest BCUT2D eigenvalue weighted by Crippen LogP contribution is 2.39. The van der Waals surface area contributed by atoms with Crippen LogP contribution in [-0.4, -0.2) is 76.0 Å². The van der Waals surface area contributed by atoms with Crippen molar-refractivity contribution in [2.45, 2.75) is 13.5 Å².